The van der Waals surface area contributed by atoms with E-state index in [0.717, 1.165) is 5.75 Å². The number of halogens is 3. The van der Waals surface area contributed by atoms with E-state index in [0.29, 0.717) is 6.61 Å². The fraction of sp³-hybridized carbons (Fsp3) is 0.0769. The molecule has 0 spiro atoms. The summed E-state index contributed by atoms with van der Waals surface area (Å²) >= 11 is 0. The molecule has 2 aromatic rings. The molecule has 0 aromatic heterocycles. The van der Waals surface area contributed by atoms with Gasteiger partial charge in [0, 0.05) is 5.75 Å². The first kappa shape index (κ1) is 18.7. The first-order valence-electron chi connectivity index (χ1n) is 5.23. The number of ether oxygens (including phenoxy) is 1. The summed E-state index contributed by atoms with van der Waals surface area (Å²) < 4.78 is 34.6. The van der Waals surface area contributed by atoms with Crippen LogP contribution in [0, 0.1) is 6.07 Å². The van der Waals surface area contributed by atoms with E-state index in [-0.39, 0.29) is 51.4 Å². The topological polar surface area (TPSA) is 9.23 Å². The Bertz CT molecular complexity index is 386. The van der Waals surface area contributed by atoms with Crippen LogP contribution in [-0.4, -0.2) is 7.54 Å². The monoisotopic (exact) mass is 290 g/mol. The maximum Gasteiger partial charge on any atom is 1.00 e. The van der Waals surface area contributed by atoms with Crippen LogP contribution in [0.5, 0.6) is 5.75 Å². The number of hydrogen-bond acceptors (Lipinski definition) is 1. The fourth-order valence-corrected chi connectivity index (χ4v) is 1.21. The average Bonchev–Trinajstić information content (AvgIpc) is 2.38. The van der Waals surface area contributed by atoms with Gasteiger partial charge in [-0.1, -0.05) is 30.3 Å². The molecule has 0 bridgehead atoms. The van der Waals surface area contributed by atoms with Crippen molar-refractivity contribution < 1.29 is 69.1 Å². The summed E-state index contributed by atoms with van der Waals surface area (Å²) in [5.41, 5.74) is 1.18. The van der Waals surface area contributed by atoms with Crippen molar-refractivity contribution in [2.24, 2.45) is 0 Å². The third kappa shape index (κ3) is 10.2. The predicted octanol–water partition coefficient (Wildman–Crippen LogP) is 0.950. The van der Waals surface area contributed by atoms with Crippen LogP contribution in [0.1, 0.15) is 5.56 Å². The maximum atomic E-state index is 9.67. The van der Waals surface area contributed by atoms with Gasteiger partial charge in [-0.3, -0.25) is 12.9 Å². The van der Waals surface area contributed by atoms with Crippen LogP contribution in [0.15, 0.2) is 54.6 Å². The Balaban J connectivity index is 0.000000576. The van der Waals surface area contributed by atoms with E-state index in [9.17, 15) is 12.9 Å². The van der Waals surface area contributed by atoms with Gasteiger partial charge >= 0.3 is 58.9 Å². The van der Waals surface area contributed by atoms with Crippen molar-refractivity contribution in [1.82, 2.24) is 0 Å². The van der Waals surface area contributed by atoms with E-state index in [4.69, 9.17) is 4.74 Å². The molecule has 0 saturated heterocycles. The molecule has 19 heavy (non-hydrogen) atoms. The van der Waals surface area contributed by atoms with Crippen molar-refractivity contribution in [3.63, 3.8) is 0 Å². The van der Waals surface area contributed by atoms with Crippen molar-refractivity contribution in [1.29, 1.82) is 0 Å². The van der Waals surface area contributed by atoms with Gasteiger partial charge in [-0.15, -0.1) is 12.1 Å². The summed E-state index contributed by atoms with van der Waals surface area (Å²) in [5, 5.41) is 0. The minimum Gasteiger partial charge on any atom is -0.514 e. The normalized spacial score (nSPS) is 8.58. The Morgan fingerprint density at radius 1 is 0.947 bits per heavy atom. The second-order valence-corrected chi connectivity index (χ2v) is 3.26. The molecule has 0 aliphatic rings. The minimum atomic E-state index is -3.67. The third-order valence-electron chi connectivity index (χ3n) is 1.94. The largest absolute Gasteiger partial charge is 1.00 e. The molecule has 0 saturated carbocycles. The van der Waals surface area contributed by atoms with Crippen LogP contribution in [0.4, 0.5) is 12.9 Å². The molecule has 0 aliphatic carbocycles. The molecular formula is C13H11BF3KO. The average molecular weight is 290 g/mol. The zero-order valence-electron chi connectivity index (χ0n) is 10.5. The second-order valence-electron chi connectivity index (χ2n) is 3.26. The van der Waals surface area contributed by atoms with Crippen molar-refractivity contribution in [3.8, 4) is 5.75 Å². The fourth-order valence-electron chi connectivity index (χ4n) is 1.21. The number of hydrogen-bond donors (Lipinski definition) is 0. The van der Waals surface area contributed by atoms with Crippen LogP contribution in [0.3, 0.4) is 0 Å². The van der Waals surface area contributed by atoms with Crippen LogP contribution < -0.4 is 56.1 Å². The molecule has 0 amide bonds. The summed E-state index contributed by atoms with van der Waals surface area (Å²) in [6.45, 7) is 0.616. The molecule has 0 atom stereocenters. The van der Waals surface area contributed by atoms with Gasteiger partial charge in [0.15, 0.2) is 0 Å². The molecule has 0 heterocycles. The van der Waals surface area contributed by atoms with Gasteiger partial charge in [-0.25, -0.2) is 0 Å². The van der Waals surface area contributed by atoms with Gasteiger partial charge in [0.25, 0.3) is 0 Å². The summed E-state index contributed by atoms with van der Waals surface area (Å²) in [5.74, 6) is 0.882. The van der Waals surface area contributed by atoms with E-state index in [2.05, 4.69) is 18.2 Å². The quantitative estimate of drug-likeness (QED) is 0.604. The smallest absolute Gasteiger partial charge is 0.514 e. The zero-order chi connectivity index (χ0) is 13.2. The number of rotatable bonds is 3. The van der Waals surface area contributed by atoms with Crippen LogP contribution in [0.25, 0.3) is 0 Å². The Morgan fingerprint density at radius 3 is 2.00 bits per heavy atom. The first-order valence-corrected chi connectivity index (χ1v) is 5.23. The molecule has 1 nitrogen and oxygen atoms in total. The Hall–Kier alpha value is -0.269. The molecular weight excluding hydrogens is 279 g/mol. The Labute approximate surface area is 153 Å². The van der Waals surface area contributed by atoms with E-state index >= 15 is 0 Å². The Kier molecular flexibility index (Phi) is 11.4. The number of benzene rings is 2. The van der Waals surface area contributed by atoms with Gasteiger partial charge < -0.3 is 4.74 Å². The van der Waals surface area contributed by atoms with Gasteiger partial charge in [-0.2, -0.15) is 18.2 Å². The molecule has 6 heteroatoms. The molecule has 0 aliphatic heterocycles. The second kappa shape index (κ2) is 11.5. The molecule has 0 radical (unpaired) electrons. The summed E-state index contributed by atoms with van der Waals surface area (Å²) in [4.78, 5) is 0. The summed E-state index contributed by atoms with van der Waals surface area (Å²) in [6, 6.07) is 20.6. The van der Waals surface area contributed by atoms with Gasteiger partial charge in [-0.05, 0) is 5.56 Å². The van der Waals surface area contributed by atoms with Crippen molar-refractivity contribution in [3.05, 3.63) is 66.2 Å². The standard InChI is InChI=1S/C13H11O.BF3.K/c1-3-7-12(8-4-1)11-14-13-9-5-2-6-10-13;2-1(3)4;/h1,3-10H,11H2;;/q-1;;+1. The van der Waals surface area contributed by atoms with Gasteiger partial charge in [0.1, 0.15) is 6.61 Å². The van der Waals surface area contributed by atoms with E-state index < -0.39 is 7.54 Å². The Morgan fingerprint density at radius 2 is 1.47 bits per heavy atom. The van der Waals surface area contributed by atoms with Crippen molar-refractivity contribution in [2.75, 3.05) is 0 Å². The van der Waals surface area contributed by atoms with E-state index in [1.165, 1.54) is 5.56 Å². The SMILES string of the molecule is FB(F)F.[K+].[c-]1ccc(OCc2ccccc2)cc1. The van der Waals surface area contributed by atoms with Crippen LogP contribution in [-0.2, 0) is 6.61 Å². The maximum absolute atomic E-state index is 9.67. The predicted molar refractivity (Wildman–Crippen MR) is 65.1 cm³/mol. The van der Waals surface area contributed by atoms with E-state index in [1.807, 2.05) is 42.5 Å². The summed E-state index contributed by atoms with van der Waals surface area (Å²) in [6.07, 6.45) is 0. The third-order valence-corrected chi connectivity index (χ3v) is 1.94. The molecule has 0 N–H and O–H groups in total. The van der Waals surface area contributed by atoms with Crippen LogP contribution in [0.2, 0.25) is 0 Å². The van der Waals surface area contributed by atoms with Crippen molar-refractivity contribution >= 4 is 7.54 Å². The van der Waals surface area contributed by atoms with Crippen LogP contribution >= 0.6 is 0 Å². The van der Waals surface area contributed by atoms with Gasteiger partial charge in [0.2, 0.25) is 0 Å². The van der Waals surface area contributed by atoms with Gasteiger partial charge in [0.05, 0.1) is 0 Å². The molecule has 0 fully saturated rings. The first-order chi connectivity index (χ1) is 8.68. The van der Waals surface area contributed by atoms with Crippen molar-refractivity contribution in [2.45, 2.75) is 6.61 Å². The molecule has 2 aromatic carbocycles. The summed E-state index contributed by atoms with van der Waals surface area (Å²) in [7, 11) is -3.67. The molecule has 94 valence electrons. The molecule has 2 rings (SSSR count). The zero-order valence-corrected chi connectivity index (χ0v) is 13.6. The minimum absolute atomic E-state index is 0. The molecule has 0 unspecified atom stereocenters. The van der Waals surface area contributed by atoms with E-state index in [1.54, 1.807) is 0 Å².